The van der Waals surface area contributed by atoms with Crippen molar-refractivity contribution in [3.05, 3.63) is 59.7 Å². The lowest BCUT2D eigenvalue weighted by Crippen LogP contribution is -2.36. The van der Waals surface area contributed by atoms with Crippen LogP contribution in [-0.2, 0) is 14.3 Å². The van der Waals surface area contributed by atoms with Gasteiger partial charge in [0.1, 0.15) is 6.61 Å². The molecule has 4 rings (SSSR count). The van der Waals surface area contributed by atoms with E-state index in [9.17, 15) is 14.4 Å². The normalized spacial score (nSPS) is 19.9. The van der Waals surface area contributed by atoms with Crippen LogP contribution < -0.4 is 5.32 Å². The van der Waals surface area contributed by atoms with Crippen LogP contribution in [0.5, 0.6) is 0 Å². The summed E-state index contributed by atoms with van der Waals surface area (Å²) in [7, 11) is 0. The summed E-state index contributed by atoms with van der Waals surface area (Å²) >= 11 is 0. The molecule has 1 fully saturated rings. The molecule has 3 atom stereocenters. The number of aliphatic carboxylic acids is 1. The fourth-order valence-corrected chi connectivity index (χ4v) is 5.14. The van der Waals surface area contributed by atoms with Crippen LogP contribution in [0.15, 0.2) is 48.5 Å². The third-order valence-corrected chi connectivity index (χ3v) is 7.06. The van der Waals surface area contributed by atoms with E-state index in [2.05, 4.69) is 29.6 Å². The van der Waals surface area contributed by atoms with E-state index in [4.69, 9.17) is 9.84 Å². The Morgan fingerprint density at radius 1 is 1.06 bits per heavy atom. The predicted octanol–water partition coefficient (Wildman–Crippen LogP) is 4.26. The predicted molar refractivity (Wildman–Crippen MR) is 128 cm³/mol. The molecule has 2 N–H and O–H groups in total. The van der Waals surface area contributed by atoms with Gasteiger partial charge in [0.2, 0.25) is 5.91 Å². The Bertz CT molecular complexity index is 1020. The van der Waals surface area contributed by atoms with Crippen LogP contribution in [-0.4, -0.2) is 53.7 Å². The Labute approximate surface area is 200 Å². The Hall–Kier alpha value is -3.35. The van der Waals surface area contributed by atoms with Crippen LogP contribution in [0.2, 0.25) is 0 Å². The van der Waals surface area contributed by atoms with Gasteiger partial charge in [0.05, 0.1) is 6.42 Å². The zero-order chi connectivity index (χ0) is 24.2. The summed E-state index contributed by atoms with van der Waals surface area (Å²) in [4.78, 5) is 37.8. The number of carboxylic acid groups (broad SMARTS) is 1. The molecule has 180 valence electrons. The quantitative estimate of drug-likeness (QED) is 0.609. The Morgan fingerprint density at radius 2 is 1.68 bits per heavy atom. The molecule has 0 spiro atoms. The Kier molecular flexibility index (Phi) is 7.20. The first-order chi connectivity index (χ1) is 16.3. The zero-order valence-corrected chi connectivity index (χ0v) is 19.7. The number of nitrogens with zero attached hydrogens (tertiary/aromatic N) is 1. The van der Waals surface area contributed by atoms with Crippen LogP contribution >= 0.6 is 0 Å². The summed E-state index contributed by atoms with van der Waals surface area (Å²) in [6.07, 6.45) is 0.401. The molecule has 0 bridgehead atoms. The first kappa shape index (κ1) is 23.8. The highest BCUT2D eigenvalue weighted by atomic mass is 16.5. The zero-order valence-electron chi connectivity index (χ0n) is 19.7. The van der Waals surface area contributed by atoms with E-state index in [1.165, 1.54) is 11.1 Å². The third kappa shape index (κ3) is 5.24. The van der Waals surface area contributed by atoms with E-state index in [1.54, 1.807) is 4.90 Å². The smallest absolute Gasteiger partial charge is 0.407 e. The van der Waals surface area contributed by atoms with Crippen molar-refractivity contribution in [1.82, 2.24) is 10.2 Å². The lowest BCUT2D eigenvalue weighted by atomic mass is 9.95. The van der Waals surface area contributed by atoms with Gasteiger partial charge in [0.15, 0.2) is 0 Å². The molecule has 1 saturated heterocycles. The summed E-state index contributed by atoms with van der Waals surface area (Å²) < 4.78 is 5.58. The number of likely N-dealkylation sites (tertiary alicyclic amines) is 1. The molecular weight excluding hydrogens is 432 g/mol. The molecule has 1 unspecified atom stereocenters. The number of ether oxygens (including phenoxy) is 1. The summed E-state index contributed by atoms with van der Waals surface area (Å²) in [6, 6.07) is 16.2. The van der Waals surface area contributed by atoms with Crippen molar-refractivity contribution >= 4 is 18.0 Å². The summed E-state index contributed by atoms with van der Waals surface area (Å²) in [5.74, 6) is -0.645. The van der Waals surface area contributed by atoms with Gasteiger partial charge < -0.3 is 20.1 Å². The minimum absolute atomic E-state index is 0.000857. The Balaban J connectivity index is 1.24. The minimum Gasteiger partial charge on any atom is -0.481 e. The third-order valence-electron chi connectivity index (χ3n) is 7.06. The number of benzene rings is 2. The number of carbonyl (C=O) groups is 3. The van der Waals surface area contributed by atoms with Gasteiger partial charge in [0, 0.05) is 31.5 Å². The highest BCUT2D eigenvalue weighted by molar-refractivity contribution is 5.79. The highest BCUT2D eigenvalue weighted by Gasteiger charge is 2.33. The van der Waals surface area contributed by atoms with Crippen molar-refractivity contribution in [2.75, 3.05) is 19.7 Å². The average Bonchev–Trinajstić information content (AvgIpc) is 3.33. The van der Waals surface area contributed by atoms with Crippen molar-refractivity contribution in [3.63, 3.8) is 0 Å². The monoisotopic (exact) mass is 464 g/mol. The van der Waals surface area contributed by atoms with E-state index in [1.807, 2.05) is 38.1 Å². The number of amides is 2. The number of nitrogens with one attached hydrogen (secondary N) is 1. The van der Waals surface area contributed by atoms with Gasteiger partial charge in [0.25, 0.3) is 0 Å². The number of fused-ring (bicyclic) bond motifs is 3. The standard InChI is InChI=1S/C27H32N2O5/c1-17-14-29(15-19(17)13-26(31)32)25(30)12-11-18(2)28-27(33)34-16-24-22-9-5-3-7-20(22)21-8-4-6-10-23(21)24/h3-10,17-19,24H,11-16H2,1-2H3,(H,28,33)(H,31,32)/t17-,18?,19-/m1/s1. The van der Waals surface area contributed by atoms with Crippen LogP contribution in [0, 0.1) is 11.8 Å². The van der Waals surface area contributed by atoms with Crippen LogP contribution in [0.25, 0.3) is 11.1 Å². The molecule has 7 heteroatoms. The fraction of sp³-hybridized carbons (Fsp3) is 0.444. The van der Waals surface area contributed by atoms with E-state index < -0.39 is 12.1 Å². The van der Waals surface area contributed by atoms with Gasteiger partial charge in [-0.2, -0.15) is 0 Å². The first-order valence-electron chi connectivity index (χ1n) is 11.9. The van der Waals surface area contributed by atoms with E-state index >= 15 is 0 Å². The molecule has 0 radical (unpaired) electrons. The number of rotatable bonds is 8. The number of carboxylic acids is 1. The minimum atomic E-state index is -0.827. The van der Waals surface area contributed by atoms with Crippen molar-refractivity contribution < 1.29 is 24.2 Å². The molecule has 2 aromatic carbocycles. The fourth-order valence-electron chi connectivity index (χ4n) is 5.14. The molecule has 2 amide bonds. The van der Waals surface area contributed by atoms with E-state index in [0.717, 1.165) is 11.1 Å². The van der Waals surface area contributed by atoms with Gasteiger partial charge in [-0.05, 0) is 47.4 Å². The molecule has 2 aliphatic rings. The van der Waals surface area contributed by atoms with Crippen LogP contribution in [0.1, 0.15) is 50.2 Å². The van der Waals surface area contributed by atoms with Gasteiger partial charge in [-0.1, -0.05) is 55.5 Å². The SMILES string of the molecule is CC(CCC(=O)N1C[C@@H](CC(=O)O)[C@H](C)C1)NC(=O)OCC1c2ccccc2-c2ccccc21. The molecular formula is C27H32N2O5. The molecule has 1 aliphatic carbocycles. The molecule has 1 heterocycles. The molecule has 0 aromatic heterocycles. The van der Waals surface area contributed by atoms with Crippen molar-refractivity contribution in [2.24, 2.45) is 11.8 Å². The molecule has 7 nitrogen and oxygen atoms in total. The van der Waals surface area contributed by atoms with Gasteiger partial charge in [-0.3, -0.25) is 9.59 Å². The maximum Gasteiger partial charge on any atom is 0.407 e. The van der Waals surface area contributed by atoms with Crippen LogP contribution in [0.4, 0.5) is 4.79 Å². The number of carbonyl (C=O) groups excluding carboxylic acids is 2. The number of hydrogen-bond acceptors (Lipinski definition) is 4. The van der Waals surface area contributed by atoms with Gasteiger partial charge >= 0.3 is 12.1 Å². The van der Waals surface area contributed by atoms with E-state index in [0.29, 0.717) is 25.9 Å². The second-order valence-corrected chi connectivity index (χ2v) is 9.54. The second-order valence-electron chi connectivity index (χ2n) is 9.54. The lowest BCUT2D eigenvalue weighted by molar-refractivity contribution is -0.138. The average molecular weight is 465 g/mol. The largest absolute Gasteiger partial charge is 0.481 e. The molecule has 2 aromatic rings. The summed E-state index contributed by atoms with van der Waals surface area (Å²) in [5, 5.41) is 11.9. The summed E-state index contributed by atoms with van der Waals surface area (Å²) in [5.41, 5.74) is 4.69. The molecule has 34 heavy (non-hydrogen) atoms. The van der Waals surface area contributed by atoms with E-state index in [-0.39, 0.29) is 42.7 Å². The molecule has 0 saturated carbocycles. The lowest BCUT2D eigenvalue weighted by Gasteiger charge is -2.19. The maximum absolute atomic E-state index is 12.6. The Morgan fingerprint density at radius 3 is 2.29 bits per heavy atom. The van der Waals surface area contributed by atoms with Crippen molar-refractivity contribution in [1.29, 1.82) is 0 Å². The highest BCUT2D eigenvalue weighted by Crippen LogP contribution is 2.44. The van der Waals surface area contributed by atoms with Gasteiger partial charge in [-0.15, -0.1) is 0 Å². The second kappa shape index (κ2) is 10.3. The van der Waals surface area contributed by atoms with Crippen LogP contribution in [0.3, 0.4) is 0 Å². The number of alkyl carbamates (subject to hydrolysis) is 1. The first-order valence-corrected chi connectivity index (χ1v) is 11.9. The number of hydrogen-bond donors (Lipinski definition) is 2. The topological polar surface area (TPSA) is 95.9 Å². The maximum atomic E-state index is 12.6. The van der Waals surface area contributed by atoms with Gasteiger partial charge in [-0.25, -0.2) is 4.79 Å². The summed E-state index contributed by atoms with van der Waals surface area (Å²) in [6.45, 7) is 5.17. The van der Waals surface area contributed by atoms with Crippen molar-refractivity contribution in [2.45, 2.75) is 45.1 Å². The molecule has 1 aliphatic heterocycles. The van der Waals surface area contributed by atoms with Crippen molar-refractivity contribution in [3.8, 4) is 11.1 Å².